The number of nitrogens with zero attached hydrogens (tertiary/aromatic N) is 2. The largest absolute Gasteiger partial charge is 0.324 e. The van der Waals surface area contributed by atoms with Gasteiger partial charge in [0.05, 0.1) is 5.70 Å². The fraction of sp³-hybridized carbons (Fsp3) is 0.273. The molecule has 0 bridgehead atoms. The van der Waals surface area contributed by atoms with E-state index >= 15 is 0 Å². The van der Waals surface area contributed by atoms with Gasteiger partial charge in [0.15, 0.2) is 0 Å². The number of allylic oxidation sites excluding steroid dienone is 1. The lowest BCUT2D eigenvalue weighted by Gasteiger charge is -2.25. The maximum Gasteiger partial charge on any atom is 0.248 e. The summed E-state index contributed by atoms with van der Waals surface area (Å²) < 4.78 is 23.3. The molecule has 3 rings (SSSR count). The second-order valence-electron chi connectivity index (χ2n) is 4.32. The van der Waals surface area contributed by atoms with Crippen LogP contribution >= 0.6 is 0 Å². The van der Waals surface area contributed by atoms with Crippen LogP contribution in [-0.4, -0.2) is 37.2 Å². The SMILES string of the molecule is CS(=O)(=O)C1=NC=C2C=CC(=O)NC3=C2N1CC3. The molecule has 0 aromatic carbocycles. The normalized spacial score (nSPS) is 22.3. The number of hydrogen-bond acceptors (Lipinski definition) is 5. The molecule has 0 fully saturated rings. The van der Waals surface area contributed by atoms with Crippen LogP contribution in [0.4, 0.5) is 0 Å². The standard InChI is InChI=1S/C11H11N3O3S/c1-18(16,17)11-12-6-7-2-3-9(15)13-8-4-5-14(11)10(7)8/h2-3,6H,4-5H2,1H3,(H,13,15). The molecule has 0 aliphatic carbocycles. The summed E-state index contributed by atoms with van der Waals surface area (Å²) in [6.45, 7) is 0.516. The minimum Gasteiger partial charge on any atom is -0.324 e. The van der Waals surface area contributed by atoms with Crippen molar-refractivity contribution in [3.8, 4) is 0 Å². The molecule has 0 spiro atoms. The van der Waals surface area contributed by atoms with E-state index in [1.807, 2.05) is 0 Å². The number of amides is 1. The Morgan fingerprint density at radius 3 is 2.89 bits per heavy atom. The second-order valence-corrected chi connectivity index (χ2v) is 6.23. The van der Waals surface area contributed by atoms with Gasteiger partial charge >= 0.3 is 0 Å². The van der Waals surface area contributed by atoms with E-state index < -0.39 is 9.84 Å². The molecule has 7 heteroatoms. The van der Waals surface area contributed by atoms with Crippen LogP contribution in [0.2, 0.25) is 0 Å². The molecule has 0 unspecified atom stereocenters. The van der Waals surface area contributed by atoms with Gasteiger partial charge in [0, 0.05) is 42.8 Å². The first-order valence-corrected chi connectivity index (χ1v) is 7.34. The van der Waals surface area contributed by atoms with Gasteiger partial charge in [-0.25, -0.2) is 13.4 Å². The first-order valence-electron chi connectivity index (χ1n) is 5.45. The lowest BCUT2D eigenvalue weighted by molar-refractivity contribution is -0.115. The van der Waals surface area contributed by atoms with Crippen LogP contribution in [-0.2, 0) is 14.6 Å². The van der Waals surface area contributed by atoms with Crippen LogP contribution in [0.15, 0.2) is 40.3 Å². The molecule has 0 aromatic rings. The lowest BCUT2D eigenvalue weighted by Crippen LogP contribution is -2.35. The van der Waals surface area contributed by atoms with Gasteiger partial charge < -0.3 is 10.2 Å². The van der Waals surface area contributed by atoms with Crippen LogP contribution in [0.3, 0.4) is 0 Å². The van der Waals surface area contributed by atoms with E-state index in [2.05, 4.69) is 10.3 Å². The summed E-state index contributed by atoms with van der Waals surface area (Å²) in [6, 6.07) is 0. The number of aliphatic imine (C=N–C) groups is 1. The zero-order valence-corrected chi connectivity index (χ0v) is 10.5. The smallest absolute Gasteiger partial charge is 0.248 e. The van der Waals surface area contributed by atoms with Crippen molar-refractivity contribution in [2.75, 3.05) is 12.8 Å². The lowest BCUT2D eigenvalue weighted by atomic mass is 10.1. The number of amidine groups is 1. The predicted molar refractivity (Wildman–Crippen MR) is 66.0 cm³/mol. The Hall–Kier alpha value is -1.89. The maximum absolute atomic E-state index is 11.7. The average Bonchev–Trinajstić information content (AvgIpc) is 2.60. The Labute approximate surface area is 104 Å². The molecule has 94 valence electrons. The van der Waals surface area contributed by atoms with Crippen molar-refractivity contribution in [3.05, 3.63) is 35.3 Å². The van der Waals surface area contributed by atoms with Crippen molar-refractivity contribution in [3.63, 3.8) is 0 Å². The van der Waals surface area contributed by atoms with E-state index in [0.717, 1.165) is 23.2 Å². The highest BCUT2D eigenvalue weighted by Gasteiger charge is 2.35. The van der Waals surface area contributed by atoms with Crippen LogP contribution in [0.5, 0.6) is 0 Å². The number of sulfone groups is 1. The quantitative estimate of drug-likeness (QED) is 0.662. The molecule has 3 aliphatic rings. The fourth-order valence-corrected chi connectivity index (χ4v) is 3.12. The van der Waals surface area contributed by atoms with E-state index in [1.54, 1.807) is 11.0 Å². The number of rotatable bonds is 0. The highest BCUT2D eigenvalue weighted by molar-refractivity contribution is 8.05. The van der Waals surface area contributed by atoms with Gasteiger partial charge in [-0.05, 0) is 6.08 Å². The van der Waals surface area contributed by atoms with E-state index in [9.17, 15) is 13.2 Å². The molecule has 1 N–H and O–H groups in total. The van der Waals surface area contributed by atoms with Crippen LogP contribution in [0.25, 0.3) is 0 Å². The summed E-state index contributed by atoms with van der Waals surface area (Å²) in [5.41, 5.74) is 2.26. The molecule has 0 radical (unpaired) electrons. The molecule has 3 heterocycles. The summed E-state index contributed by atoms with van der Waals surface area (Å²) in [5, 5.41) is 2.81. The van der Waals surface area contributed by atoms with Gasteiger partial charge in [0.25, 0.3) is 0 Å². The molecule has 3 aliphatic heterocycles. The van der Waals surface area contributed by atoms with Gasteiger partial charge in [-0.2, -0.15) is 0 Å². The molecule has 0 aromatic heterocycles. The van der Waals surface area contributed by atoms with Crippen molar-refractivity contribution >= 4 is 20.9 Å². The van der Waals surface area contributed by atoms with Crippen molar-refractivity contribution in [1.29, 1.82) is 0 Å². The number of carbonyl (C=O) groups is 1. The third-order valence-electron chi connectivity index (χ3n) is 2.98. The molecule has 6 nitrogen and oxygen atoms in total. The van der Waals surface area contributed by atoms with Crippen LogP contribution < -0.4 is 5.32 Å². The Balaban J connectivity index is 2.18. The molecular formula is C11H11N3O3S. The van der Waals surface area contributed by atoms with Crippen molar-refractivity contribution in [2.24, 2.45) is 4.99 Å². The summed E-state index contributed by atoms with van der Waals surface area (Å²) in [4.78, 5) is 17.1. The Kier molecular flexibility index (Phi) is 2.21. The van der Waals surface area contributed by atoms with Crippen molar-refractivity contribution in [1.82, 2.24) is 10.2 Å². The summed E-state index contributed by atoms with van der Waals surface area (Å²) in [5.74, 6) is -0.199. The summed E-state index contributed by atoms with van der Waals surface area (Å²) in [7, 11) is -3.38. The number of carbonyl (C=O) groups excluding carboxylic acids is 1. The zero-order valence-electron chi connectivity index (χ0n) is 9.67. The first kappa shape index (κ1) is 11.2. The molecule has 18 heavy (non-hydrogen) atoms. The van der Waals surface area contributed by atoms with Gasteiger partial charge in [0.2, 0.25) is 20.9 Å². The van der Waals surface area contributed by atoms with Crippen LogP contribution in [0, 0.1) is 0 Å². The topological polar surface area (TPSA) is 78.8 Å². The van der Waals surface area contributed by atoms with Crippen LogP contribution in [0.1, 0.15) is 6.42 Å². The Bertz CT molecular complexity index is 668. The van der Waals surface area contributed by atoms with E-state index in [4.69, 9.17) is 0 Å². The highest BCUT2D eigenvalue weighted by atomic mass is 32.2. The maximum atomic E-state index is 11.7. The Morgan fingerprint density at radius 2 is 2.17 bits per heavy atom. The minimum absolute atomic E-state index is 0.0424. The molecule has 0 saturated carbocycles. The van der Waals surface area contributed by atoms with Gasteiger partial charge in [-0.15, -0.1) is 0 Å². The average molecular weight is 265 g/mol. The molecule has 1 amide bonds. The highest BCUT2D eigenvalue weighted by Crippen LogP contribution is 2.33. The van der Waals surface area contributed by atoms with E-state index in [1.165, 1.54) is 12.3 Å². The first-order chi connectivity index (χ1) is 8.47. The predicted octanol–water partition coefficient (Wildman–Crippen LogP) is -0.112. The van der Waals surface area contributed by atoms with E-state index in [0.29, 0.717) is 13.0 Å². The van der Waals surface area contributed by atoms with Crippen molar-refractivity contribution < 1.29 is 13.2 Å². The van der Waals surface area contributed by atoms with E-state index in [-0.39, 0.29) is 11.1 Å². The second kappa shape index (κ2) is 3.55. The fourth-order valence-electron chi connectivity index (χ4n) is 2.29. The molecule has 0 atom stereocenters. The summed E-state index contributed by atoms with van der Waals surface area (Å²) >= 11 is 0. The monoisotopic (exact) mass is 265 g/mol. The number of hydrogen-bond donors (Lipinski definition) is 1. The Morgan fingerprint density at radius 1 is 1.39 bits per heavy atom. The number of nitrogens with one attached hydrogen (secondary N) is 1. The van der Waals surface area contributed by atoms with Gasteiger partial charge in [-0.1, -0.05) is 0 Å². The third kappa shape index (κ3) is 1.59. The van der Waals surface area contributed by atoms with Crippen molar-refractivity contribution in [2.45, 2.75) is 6.42 Å². The third-order valence-corrected chi connectivity index (χ3v) is 3.97. The minimum atomic E-state index is -3.38. The molecular weight excluding hydrogens is 254 g/mol. The molecule has 0 saturated heterocycles. The van der Waals surface area contributed by atoms with Gasteiger partial charge in [0.1, 0.15) is 0 Å². The van der Waals surface area contributed by atoms with Gasteiger partial charge in [-0.3, -0.25) is 4.79 Å². The zero-order chi connectivity index (χ0) is 12.9. The summed E-state index contributed by atoms with van der Waals surface area (Å²) in [6.07, 6.45) is 6.30.